The van der Waals surface area contributed by atoms with E-state index in [0.717, 1.165) is 11.8 Å². The van der Waals surface area contributed by atoms with Crippen LogP contribution in [0.3, 0.4) is 0 Å². The van der Waals surface area contributed by atoms with Crippen molar-refractivity contribution in [3.63, 3.8) is 0 Å². The predicted octanol–water partition coefficient (Wildman–Crippen LogP) is 2.36. The Balaban J connectivity index is 2.01. The zero-order valence-electron chi connectivity index (χ0n) is 12.2. The number of hydrogen-bond donors (Lipinski definition) is 1. The zero-order chi connectivity index (χ0) is 16.6. The third-order valence-electron chi connectivity index (χ3n) is 3.62. The van der Waals surface area contributed by atoms with Crippen molar-refractivity contribution >= 4 is 29.4 Å². The lowest BCUT2D eigenvalue weighted by molar-refractivity contribution is -0.243. The molecule has 2 aromatic rings. The fourth-order valence-corrected chi connectivity index (χ4v) is 2.46. The molecule has 0 radical (unpaired) electrons. The number of aromatic carboxylic acids is 1. The lowest BCUT2D eigenvalue weighted by atomic mass is 10.1. The minimum absolute atomic E-state index is 0.0252. The summed E-state index contributed by atoms with van der Waals surface area (Å²) in [6.45, 7) is 1.77. The number of aryl methyl sites for hydroxylation is 1. The molecule has 3 rings (SSSR count). The van der Waals surface area contributed by atoms with E-state index >= 15 is 0 Å². The van der Waals surface area contributed by atoms with Gasteiger partial charge in [0, 0.05) is 17.4 Å². The average molecular weight is 306 g/mol. The number of aliphatic imine (C=N–C) groups is 1. The Labute approximate surface area is 132 Å². The summed E-state index contributed by atoms with van der Waals surface area (Å²) in [6, 6.07) is 11.3. The first-order valence-corrected chi connectivity index (χ1v) is 6.92. The first-order valence-electron chi connectivity index (χ1n) is 6.92. The third kappa shape index (κ3) is 2.53. The summed E-state index contributed by atoms with van der Waals surface area (Å²) in [6.07, 6.45) is 1.15. The van der Waals surface area contributed by atoms with Crippen molar-refractivity contribution in [3.8, 4) is 0 Å². The Morgan fingerprint density at radius 2 is 1.87 bits per heavy atom. The molecule has 5 nitrogen and oxygen atoms in total. The summed E-state index contributed by atoms with van der Waals surface area (Å²) in [5.74, 6) is -1.89. The highest BCUT2D eigenvalue weighted by Gasteiger charge is 2.22. The average Bonchev–Trinajstić information content (AvgIpc) is 2.78. The lowest BCUT2D eigenvalue weighted by Gasteiger charge is -2.08. The molecular formula is C18H12NO4-. The number of nitrogens with zero attached hydrogens (tertiary/aromatic N) is 1. The first kappa shape index (κ1) is 14.7. The normalized spacial score (nSPS) is 13.7. The van der Waals surface area contributed by atoms with Gasteiger partial charge in [0.25, 0.3) is 0 Å². The maximum absolute atomic E-state index is 12.2. The Morgan fingerprint density at radius 3 is 2.52 bits per heavy atom. The van der Waals surface area contributed by atoms with Crippen LogP contribution in [0.1, 0.15) is 31.8 Å². The molecule has 0 saturated carbocycles. The number of carbonyl (C=O) groups excluding carboxylic acids is 1. The van der Waals surface area contributed by atoms with Crippen molar-refractivity contribution in [2.24, 2.45) is 4.99 Å². The molecule has 114 valence electrons. The number of allylic oxidation sites excluding steroid dienone is 1. The first-order chi connectivity index (χ1) is 11.0. The highest BCUT2D eigenvalue weighted by atomic mass is 16.4. The minimum Gasteiger partial charge on any atom is -0.872 e. The van der Waals surface area contributed by atoms with Crippen molar-refractivity contribution in [3.05, 3.63) is 70.3 Å². The third-order valence-corrected chi connectivity index (χ3v) is 3.62. The van der Waals surface area contributed by atoms with Crippen LogP contribution >= 0.6 is 0 Å². The highest BCUT2D eigenvalue weighted by molar-refractivity contribution is 6.30. The molecule has 0 bridgehead atoms. The molecule has 0 atom stereocenters. The number of carbonyl (C=O) groups is 2. The molecule has 5 heteroatoms. The van der Waals surface area contributed by atoms with E-state index in [0.29, 0.717) is 11.1 Å². The van der Waals surface area contributed by atoms with Crippen molar-refractivity contribution in [2.75, 3.05) is 0 Å². The van der Waals surface area contributed by atoms with Gasteiger partial charge in [-0.05, 0) is 24.6 Å². The standard InChI is InChI=1S/C18H13NO4/c1-10-6-7-15(13(8-10)18(22)23)19-9-14-16(20)11-4-2-3-5-12(11)17(14)21/h2-9,20H,1H3,(H,22,23)/p-1. The number of hydrogen-bond acceptors (Lipinski definition) is 4. The van der Waals surface area contributed by atoms with E-state index in [-0.39, 0.29) is 16.8 Å². The summed E-state index contributed by atoms with van der Waals surface area (Å²) in [7, 11) is 0. The highest BCUT2D eigenvalue weighted by Crippen LogP contribution is 2.29. The topological polar surface area (TPSA) is 89.8 Å². The predicted molar refractivity (Wildman–Crippen MR) is 84.0 cm³/mol. The molecule has 1 aliphatic carbocycles. The molecule has 1 N–H and O–H groups in total. The largest absolute Gasteiger partial charge is 0.872 e. The Bertz CT molecular complexity index is 894. The van der Waals surface area contributed by atoms with E-state index in [4.69, 9.17) is 0 Å². The second-order valence-electron chi connectivity index (χ2n) is 5.20. The van der Waals surface area contributed by atoms with Crippen LogP contribution in [0.25, 0.3) is 5.76 Å². The molecule has 1 aliphatic rings. The van der Waals surface area contributed by atoms with Gasteiger partial charge >= 0.3 is 5.97 Å². The summed E-state index contributed by atoms with van der Waals surface area (Å²) in [5.41, 5.74) is 1.66. The van der Waals surface area contributed by atoms with Crippen molar-refractivity contribution < 1.29 is 19.8 Å². The molecule has 23 heavy (non-hydrogen) atoms. The molecule has 0 aliphatic heterocycles. The van der Waals surface area contributed by atoms with E-state index in [1.54, 1.807) is 43.3 Å². The Morgan fingerprint density at radius 1 is 1.17 bits per heavy atom. The number of ketones is 1. The minimum atomic E-state index is -1.11. The van der Waals surface area contributed by atoms with Crippen LogP contribution in [0.4, 0.5) is 5.69 Å². The molecule has 0 amide bonds. The second kappa shape index (κ2) is 5.53. The number of benzene rings is 2. The molecule has 0 unspecified atom stereocenters. The van der Waals surface area contributed by atoms with Gasteiger partial charge in [-0.1, -0.05) is 41.7 Å². The number of rotatable bonds is 3. The van der Waals surface area contributed by atoms with Crippen LogP contribution in [0.2, 0.25) is 0 Å². The summed E-state index contributed by atoms with van der Waals surface area (Å²) >= 11 is 0. The molecule has 0 spiro atoms. The van der Waals surface area contributed by atoms with Crippen molar-refractivity contribution in [2.45, 2.75) is 6.92 Å². The van der Waals surface area contributed by atoms with E-state index in [1.165, 1.54) is 6.07 Å². The quantitative estimate of drug-likeness (QED) is 0.881. The van der Waals surface area contributed by atoms with Gasteiger partial charge in [-0.25, -0.2) is 4.79 Å². The maximum atomic E-state index is 12.2. The van der Waals surface area contributed by atoms with Crippen LogP contribution in [-0.4, -0.2) is 23.1 Å². The van der Waals surface area contributed by atoms with Gasteiger partial charge < -0.3 is 10.2 Å². The molecule has 0 saturated heterocycles. The van der Waals surface area contributed by atoms with Gasteiger partial charge in [0.15, 0.2) is 5.78 Å². The van der Waals surface area contributed by atoms with Gasteiger partial charge in [-0.2, -0.15) is 0 Å². The Hall–Kier alpha value is -3.21. The smallest absolute Gasteiger partial charge is 0.337 e. The van der Waals surface area contributed by atoms with Crippen LogP contribution in [0, 0.1) is 6.92 Å². The zero-order valence-corrected chi connectivity index (χ0v) is 12.2. The van der Waals surface area contributed by atoms with E-state index < -0.39 is 17.5 Å². The van der Waals surface area contributed by atoms with Gasteiger partial charge in [0.05, 0.1) is 11.3 Å². The number of fused-ring (bicyclic) bond motifs is 1. The number of Topliss-reactive ketones (excluding diaryl/α,β-unsaturated/α-hetero) is 1. The summed E-state index contributed by atoms with van der Waals surface area (Å²) in [5, 5.41) is 21.4. The fraction of sp³-hybridized carbons (Fsp3) is 0.0556. The maximum Gasteiger partial charge on any atom is 0.337 e. The van der Waals surface area contributed by atoms with Crippen LogP contribution in [0.15, 0.2) is 53.0 Å². The van der Waals surface area contributed by atoms with Crippen molar-refractivity contribution in [1.29, 1.82) is 0 Å². The monoisotopic (exact) mass is 306 g/mol. The molecular weight excluding hydrogens is 294 g/mol. The van der Waals surface area contributed by atoms with Crippen LogP contribution in [0.5, 0.6) is 0 Å². The van der Waals surface area contributed by atoms with Crippen LogP contribution in [-0.2, 0) is 0 Å². The fourth-order valence-electron chi connectivity index (χ4n) is 2.46. The Kier molecular flexibility index (Phi) is 3.54. The van der Waals surface area contributed by atoms with E-state index in [9.17, 15) is 19.8 Å². The molecule has 2 aromatic carbocycles. The van der Waals surface area contributed by atoms with Gasteiger partial charge in [0.1, 0.15) is 0 Å². The summed E-state index contributed by atoms with van der Waals surface area (Å²) in [4.78, 5) is 27.5. The molecule has 0 heterocycles. The lowest BCUT2D eigenvalue weighted by Crippen LogP contribution is -2.05. The molecule has 0 fully saturated rings. The van der Waals surface area contributed by atoms with E-state index in [1.807, 2.05) is 0 Å². The molecule has 0 aromatic heterocycles. The van der Waals surface area contributed by atoms with Gasteiger partial charge in [-0.15, -0.1) is 0 Å². The van der Waals surface area contributed by atoms with Gasteiger partial charge in [0.2, 0.25) is 0 Å². The van der Waals surface area contributed by atoms with Crippen molar-refractivity contribution in [1.82, 2.24) is 0 Å². The van der Waals surface area contributed by atoms with Crippen LogP contribution < -0.4 is 5.11 Å². The SMILES string of the molecule is Cc1ccc(N=CC2=C([O-])c3ccccc3C2=O)c(C(=O)O)c1. The van der Waals surface area contributed by atoms with Gasteiger partial charge in [-0.3, -0.25) is 9.79 Å². The number of carboxylic acids is 1. The van der Waals surface area contributed by atoms with E-state index in [2.05, 4.69) is 4.99 Å². The second-order valence-corrected chi connectivity index (χ2v) is 5.20. The number of carboxylic acid groups (broad SMARTS) is 1. The summed E-state index contributed by atoms with van der Waals surface area (Å²) < 4.78 is 0.